The molecular formula is C12H13ClFNO3. The van der Waals surface area contributed by atoms with Crippen LogP contribution >= 0.6 is 11.6 Å². The van der Waals surface area contributed by atoms with Crippen LogP contribution in [0.3, 0.4) is 0 Å². The Morgan fingerprint density at radius 1 is 1.50 bits per heavy atom. The minimum Gasteiger partial charge on any atom is -0.481 e. The Hall–Kier alpha value is -1.62. The Morgan fingerprint density at radius 3 is 2.72 bits per heavy atom. The fraction of sp³-hybridized carbons (Fsp3) is 0.333. The molecule has 0 aliphatic rings. The SMILES string of the molecule is CC(CNC(=O)Cc1ccc(F)cc1Cl)C(=O)O. The van der Waals surface area contributed by atoms with E-state index in [1.54, 1.807) is 0 Å². The summed E-state index contributed by atoms with van der Waals surface area (Å²) >= 11 is 5.77. The number of carboxylic acid groups (broad SMARTS) is 1. The molecular weight excluding hydrogens is 261 g/mol. The van der Waals surface area contributed by atoms with Gasteiger partial charge in [0.2, 0.25) is 5.91 Å². The van der Waals surface area contributed by atoms with E-state index in [9.17, 15) is 14.0 Å². The van der Waals surface area contributed by atoms with Crippen molar-refractivity contribution in [1.29, 1.82) is 0 Å². The summed E-state index contributed by atoms with van der Waals surface area (Å²) in [5.74, 6) is -2.45. The smallest absolute Gasteiger partial charge is 0.308 e. The summed E-state index contributed by atoms with van der Waals surface area (Å²) in [5, 5.41) is 11.3. The second-order valence-electron chi connectivity index (χ2n) is 3.96. The summed E-state index contributed by atoms with van der Waals surface area (Å²) in [6.45, 7) is 1.54. The van der Waals surface area contributed by atoms with Gasteiger partial charge in [-0.15, -0.1) is 0 Å². The van der Waals surface area contributed by atoms with Gasteiger partial charge in [0.15, 0.2) is 0 Å². The Balaban J connectivity index is 2.52. The number of amides is 1. The first kappa shape index (κ1) is 14.4. The molecule has 2 N–H and O–H groups in total. The molecule has 0 heterocycles. The van der Waals surface area contributed by atoms with E-state index in [4.69, 9.17) is 16.7 Å². The zero-order chi connectivity index (χ0) is 13.7. The Morgan fingerprint density at radius 2 is 2.17 bits per heavy atom. The van der Waals surface area contributed by atoms with Crippen LogP contribution in [0.1, 0.15) is 12.5 Å². The average molecular weight is 274 g/mol. The number of rotatable bonds is 5. The molecule has 1 rings (SSSR count). The van der Waals surface area contributed by atoms with E-state index >= 15 is 0 Å². The zero-order valence-electron chi connectivity index (χ0n) is 9.74. The quantitative estimate of drug-likeness (QED) is 0.860. The van der Waals surface area contributed by atoms with Crippen LogP contribution in [0.25, 0.3) is 0 Å². The topological polar surface area (TPSA) is 66.4 Å². The van der Waals surface area contributed by atoms with Crippen LogP contribution in [0.4, 0.5) is 4.39 Å². The summed E-state index contributed by atoms with van der Waals surface area (Å²) in [7, 11) is 0. The van der Waals surface area contributed by atoms with E-state index in [1.165, 1.54) is 19.1 Å². The van der Waals surface area contributed by atoms with E-state index in [0.717, 1.165) is 6.07 Å². The minimum atomic E-state index is -0.977. The maximum Gasteiger partial charge on any atom is 0.308 e. The monoisotopic (exact) mass is 273 g/mol. The van der Waals surface area contributed by atoms with Crippen molar-refractivity contribution < 1.29 is 19.1 Å². The van der Waals surface area contributed by atoms with Gasteiger partial charge in [-0.3, -0.25) is 9.59 Å². The second-order valence-corrected chi connectivity index (χ2v) is 4.36. The molecule has 1 atom stereocenters. The minimum absolute atomic E-state index is 0.00848. The molecule has 0 aromatic heterocycles. The first-order valence-electron chi connectivity index (χ1n) is 5.33. The molecule has 0 aliphatic heterocycles. The van der Waals surface area contributed by atoms with Gasteiger partial charge in [-0.05, 0) is 17.7 Å². The largest absolute Gasteiger partial charge is 0.481 e. The molecule has 18 heavy (non-hydrogen) atoms. The third kappa shape index (κ3) is 4.33. The van der Waals surface area contributed by atoms with Gasteiger partial charge in [0, 0.05) is 11.6 Å². The zero-order valence-corrected chi connectivity index (χ0v) is 10.5. The molecule has 98 valence electrons. The van der Waals surface area contributed by atoms with Gasteiger partial charge in [-0.25, -0.2) is 4.39 Å². The summed E-state index contributed by atoms with van der Waals surface area (Å²) in [6.07, 6.45) is -0.00848. The van der Waals surface area contributed by atoms with Crippen LogP contribution in [-0.2, 0) is 16.0 Å². The average Bonchev–Trinajstić information content (AvgIpc) is 2.29. The molecule has 0 bridgehead atoms. The van der Waals surface area contributed by atoms with Crippen LogP contribution in [0.15, 0.2) is 18.2 Å². The molecule has 0 radical (unpaired) electrons. The number of halogens is 2. The van der Waals surface area contributed by atoms with E-state index in [1.807, 2.05) is 0 Å². The lowest BCUT2D eigenvalue weighted by molar-refractivity contribution is -0.141. The molecule has 0 fully saturated rings. The normalized spacial score (nSPS) is 11.9. The number of aliphatic carboxylic acids is 1. The van der Waals surface area contributed by atoms with Crippen LogP contribution < -0.4 is 5.32 Å². The Bertz CT molecular complexity index is 465. The van der Waals surface area contributed by atoms with Gasteiger partial charge in [0.05, 0.1) is 12.3 Å². The van der Waals surface area contributed by atoms with E-state index in [-0.39, 0.29) is 23.9 Å². The number of carboxylic acids is 1. The number of hydrogen-bond donors (Lipinski definition) is 2. The van der Waals surface area contributed by atoms with E-state index < -0.39 is 17.7 Å². The number of carbonyl (C=O) groups is 2. The lowest BCUT2D eigenvalue weighted by atomic mass is 10.1. The van der Waals surface area contributed by atoms with E-state index in [0.29, 0.717) is 5.56 Å². The molecule has 1 unspecified atom stereocenters. The molecule has 0 saturated carbocycles. The molecule has 6 heteroatoms. The standard InChI is InChI=1S/C12H13ClFNO3/c1-7(12(17)18)6-15-11(16)4-8-2-3-9(14)5-10(8)13/h2-3,5,7H,4,6H2,1H3,(H,15,16)(H,17,18). The lowest BCUT2D eigenvalue weighted by Gasteiger charge is -2.09. The summed E-state index contributed by atoms with van der Waals surface area (Å²) in [5.41, 5.74) is 0.499. The highest BCUT2D eigenvalue weighted by Crippen LogP contribution is 2.17. The maximum atomic E-state index is 12.8. The van der Waals surface area contributed by atoms with Crippen molar-refractivity contribution in [2.75, 3.05) is 6.54 Å². The predicted octanol–water partition coefficient (Wildman–Crippen LogP) is 1.86. The van der Waals surface area contributed by atoms with Crippen molar-refractivity contribution in [3.63, 3.8) is 0 Å². The van der Waals surface area contributed by atoms with Crippen molar-refractivity contribution in [2.45, 2.75) is 13.3 Å². The lowest BCUT2D eigenvalue weighted by Crippen LogP contribution is -2.32. The third-order valence-electron chi connectivity index (χ3n) is 2.39. The Kier molecular flexibility index (Phi) is 5.09. The fourth-order valence-electron chi connectivity index (χ4n) is 1.25. The fourth-order valence-corrected chi connectivity index (χ4v) is 1.49. The van der Waals surface area contributed by atoms with Crippen molar-refractivity contribution in [3.05, 3.63) is 34.6 Å². The van der Waals surface area contributed by atoms with Gasteiger partial charge in [0.25, 0.3) is 0 Å². The predicted molar refractivity (Wildman–Crippen MR) is 64.9 cm³/mol. The number of carbonyl (C=O) groups excluding carboxylic acids is 1. The second kappa shape index (κ2) is 6.35. The molecule has 1 aromatic rings. The van der Waals surface area contributed by atoms with Gasteiger partial charge in [-0.1, -0.05) is 24.6 Å². The maximum absolute atomic E-state index is 12.8. The van der Waals surface area contributed by atoms with Gasteiger partial charge in [-0.2, -0.15) is 0 Å². The van der Waals surface area contributed by atoms with Gasteiger partial charge >= 0.3 is 5.97 Å². The first-order chi connectivity index (χ1) is 8.40. The highest BCUT2D eigenvalue weighted by molar-refractivity contribution is 6.31. The van der Waals surface area contributed by atoms with Crippen LogP contribution in [0.2, 0.25) is 5.02 Å². The van der Waals surface area contributed by atoms with Crippen LogP contribution in [0, 0.1) is 11.7 Å². The summed E-state index contributed by atoms with van der Waals surface area (Å²) in [6, 6.07) is 3.77. The number of hydrogen-bond acceptors (Lipinski definition) is 2. The molecule has 1 aromatic carbocycles. The summed E-state index contributed by atoms with van der Waals surface area (Å²) < 4.78 is 12.8. The van der Waals surface area contributed by atoms with Crippen LogP contribution in [0.5, 0.6) is 0 Å². The van der Waals surface area contributed by atoms with Gasteiger partial charge < -0.3 is 10.4 Å². The number of benzene rings is 1. The molecule has 0 aliphatic carbocycles. The van der Waals surface area contributed by atoms with Gasteiger partial charge in [0.1, 0.15) is 5.82 Å². The van der Waals surface area contributed by atoms with Crippen molar-refractivity contribution in [2.24, 2.45) is 5.92 Å². The van der Waals surface area contributed by atoms with Crippen molar-refractivity contribution in [3.8, 4) is 0 Å². The molecule has 1 amide bonds. The van der Waals surface area contributed by atoms with E-state index in [2.05, 4.69) is 5.32 Å². The highest BCUT2D eigenvalue weighted by Gasteiger charge is 2.13. The highest BCUT2D eigenvalue weighted by atomic mass is 35.5. The van der Waals surface area contributed by atoms with Crippen molar-refractivity contribution >= 4 is 23.5 Å². The van der Waals surface area contributed by atoms with Crippen LogP contribution in [-0.4, -0.2) is 23.5 Å². The molecule has 0 spiro atoms. The number of nitrogens with one attached hydrogen (secondary N) is 1. The van der Waals surface area contributed by atoms with Crippen molar-refractivity contribution in [1.82, 2.24) is 5.32 Å². The molecule has 4 nitrogen and oxygen atoms in total. The Labute approximate surface area is 109 Å². The first-order valence-corrected chi connectivity index (χ1v) is 5.71. The third-order valence-corrected chi connectivity index (χ3v) is 2.74. The molecule has 0 saturated heterocycles. The summed E-state index contributed by atoms with van der Waals surface area (Å²) in [4.78, 5) is 22.1.